The van der Waals surface area contributed by atoms with E-state index in [4.69, 9.17) is 4.74 Å². The fraction of sp³-hybridized carbons (Fsp3) is 0.300. The van der Waals surface area contributed by atoms with Gasteiger partial charge in [0.2, 0.25) is 5.91 Å². The highest BCUT2D eigenvalue weighted by Crippen LogP contribution is 2.31. The molecular formula is C20H20F3N3O2S. The van der Waals surface area contributed by atoms with Gasteiger partial charge in [0.05, 0.1) is 28.5 Å². The van der Waals surface area contributed by atoms with Crippen molar-refractivity contribution in [1.82, 2.24) is 9.55 Å². The number of para-hydroxylation sites is 2. The molecule has 154 valence electrons. The van der Waals surface area contributed by atoms with Crippen LogP contribution in [0.15, 0.2) is 53.7 Å². The van der Waals surface area contributed by atoms with Gasteiger partial charge < -0.3 is 14.6 Å². The number of rotatable bonds is 7. The quantitative estimate of drug-likeness (QED) is 0.554. The van der Waals surface area contributed by atoms with E-state index in [1.165, 1.54) is 23.9 Å². The lowest BCUT2D eigenvalue weighted by atomic mass is 10.2. The van der Waals surface area contributed by atoms with E-state index in [1.807, 2.05) is 28.8 Å². The van der Waals surface area contributed by atoms with E-state index in [2.05, 4.69) is 10.3 Å². The summed E-state index contributed by atoms with van der Waals surface area (Å²) >= 11 is 1.25. The number of carbonyl (C=O) groups excluding carboxylic acids is 1. The summed E-state index contributed by atoms with van der Waals surface area (Å²) in [5.74, 6) is -0.403. The third-order valence-corrected chi connectivity index (χ3v) is 5.34. The van der Waals surface area contributed by atoms with E-state index in [9.17, 15) is 18.0 Å². The minimum absolute atomic E-state index is 0.102. The van der Waals surface area contributed by atoms with Crippen molar-refractivity contribution >= 4 is 34.4 Å². The Hall–Kier alpha value is -2.52. The average molecular weight is 423 g/mol. The van der Waals surface area contributed by atoms with E-state index < -0.39 is 22.9 Å². The third-order valence-electron chi connectivity index (χ3n) is 4.25. The molecule has 0 radical (unpaired) electrons. The van der Waals surface area contributed by atoms with Crippen LogP contribution in [0.1, 0.15) is 12.5 Å². The number of aromatic nitrogens is 2. The third kappa shape index (κ3) is 5.10. The Morgan fingerprint density at radius 2 is 2.00 bits per heavy atom. The zero-order valence-corrected chi connectivity index (χ0v) is 16.7. The molecule has 3 rings (SSSR count). The van der Waals surface area contributed by atoms with E-state index in [1.54, 1.807) is 14.0 Å². The number of nitrogens with zero attached hydrogens (tertiary/aromatic N) is 2. The number of carbonyl (C=O) groups is 1. The first-order valence-electron chi connectivity index (χ1n) is 8.88. The largest absolute Gasteiger partial charge is 0.416 e. The van der Waals surface area contributed by atoms with Gasteiger partial charge in [0, 0.05) is 19.3 Å². The molecule has 2 aromatic carbocycles. The molecule has 0 spiro atoms. The van der Waals surface area contributed by atoms with E-state index in [-0.39, 0.29) is 5.69 Å². The second kappa shape index (κ2) is 8.87. The molecule has 1 heterocycles. The standard InChI is InChI=1S/C20H20F3N3O2S/c1-13(18(27)24-15-7-5-6-14(12-15)20(21,22)23)29-19-25-16-8-3-4-9-17(16)26(19)10-11-28-2/h3-9,12-13H,10-11H2,1-2H3,(H,24,27)/t13-/m1/s1. The number of thioether (sulfide) groups is 1. The number of hydrogen-bond donors (Lipinski definition) is 1. The van der Waals surface area contributed by atoms with Crippen LogP contribution in [0.25, 0.3) is 11.0 Å². The Bertz CT molecular complexity index is 1000. The number of halogens is 3. The summed E-state index contributed by atoms with van der Waals surface area (Å²) in [5, 5.41) is 2.63. The maximum absolute atomic E-state index is 12.9. The van der Waals surface area contributed by atoms with Crippen molar-refractivity contribution in [2.45, 2.75) is 30.1 Å². The number of nitrogens with one attached hydrogen (secondary N) is 1. The lowest BCUT2D eigenvalue weighted by molar-refractivity contribution is -0.137. The molecular weight excluding hydrogens is 403 g/mol. The Morgan fingerprint density at radius 3 is 2.72 bits per heavy atom. The minimum atomic E-state index is -4.46. The molecule has 0 aliphatic carbocycles. The molecule has 3 aromatic rings. The number of amides is 1. The predicted molar refractivity (Wildman–Crippen MR) is 107 cm³/mol. The Morgan fingerprint density at radius 1 is 1.24 bits per heavy atom. The first-order chi connectivity index (χ1) is 13.8. The van der Waals surface area contributed by atoms with Gasteiger partial charge in [-0.05, 0) is 37.3 Å². The van der Waals surface area contributed by atoms with Crippen LogP contribution in [-0.2, 0) is 22.3 Å². The van der Waals surface area contributed by atoms with Crippen molar-refractivity contribution in [3.05, 3.63) is 54.1 Å². The van der Waals surface area contributed by atoms with Gasteiger partial charge in [0.1, 0.15) is 0 Å². The molecule has 1 aromatic heterocycles. The normalized spacial score (nSPS) is 12.9. The van der Waals surface area contributed by atoms with Gasteiger partial charge in [-0.2, -0.15) is 13.2 Å². The van der Waals surface area contributed by atoms with Gasteiger partial charge in [-0.25, -0.2) is 4.98 Å². The molecule has 1 atom stereocenters. The maximum Gasteiger partial charge on any atom is 0.416 e. The molecule has 1 amide bonds. The maximum atomic E-state index is 12.9. The molecule has 5 nitrogen and oxygen atoms in total. The highest BCUT2D eigenvalue weighted by Gasteiger charge is 2.30. The molecule has 0 aliphatic heterocycles. The van der Waals surface area contributed by atoms with Crippen LogP contribution < -0.4 is 5.32 Å². The summed E-state index contributed by atoms with van der Waals surface area (Å²) in [6.45, 7) is 2.74. The molecule has 0 saturated heterocycles. The average Bonchev–Trinajstić information content (AvgIpc) is 3.02. The Balaban J connectivity index is 1.76. The van der Waals surface area contributed by atoms with Gasteiger partial charge in [-0.3, -0.25) is 4.79 Å². The Kier molecular flexibility index (Phi) is 6.49. The van der Waals surface area contributed by atoms with Crippen LogP contribution >= 0.6 is 11.8 Å². The molecule has 0 fully saturated rings. The van der Waals surface area contributed by atoms with E-state index in [0.29, 0.717) is 18.3 Å². The summed E-state index contributed by atoms with van der Waals surface area (Å²) in [4.78, 5) is 17.1. The van der Waals surface area contributed by atoms with Crippen molar-refractivity contribution < 1.29 is 22.7 Å². The topological polar surface area (TPSA) is 56.1 Å². The predicted octanol–water partition coefficient (Wildman–Crippen LogP) is 4.82. The van der Waals surface area contributed by atoms with Crippen molar-refractivity contribution in [2.24, 2.45) is 0 Å². The summed E-state index contributed by atoms with van der Waals surface area (Å²) in [6.07, 6.45) is -4.46. The molecule has 0 unspecified atom stereocenters. The Labute approximate surface area is 170 Å². The van der Waals surface area contributed by atoms with Crippen LogP contribution in [0.5, 0.6) is 0 Å². The van der Waals surface area contributed by atoms with E-state index >= 15 is 0 Å². The van der Waals surface area contributed by atoms with Crippen molar-refractivity contribution in [1.29, 1.82) is 0 Å². The van der Waals surface area contributed by atoms with Crippen molar-refractivity contribution in [2.75, 3.05) is 19.0 Å². The summed E-state index contributed by atoms with van der Waals surface area (Å²) in [6, 6.07) is 12.2. The highest BCUT2D eigenvalue weighted by molar-refractivity contribution is 8.00. The number of ether oxygens (including phenoxy) is 1. The number of alkyl halides is 3. The van der Waals surface area contributed by atoms with Crippen LogP contribution in [0.4, 0.5) is 18.9 Å². The summed E-state index contributed by atoms with van der Waals surface area (Å²) < 4.78 is 45.7. The van der Waals surface area contributed by atoms with Gasteiger partial charge in [0.25, 0.3) is 0 Å². The fourth-order valence-electron chi connectivity index (χ4n) is 2.77. The van der Waals surface area contributed by atoms with Crippen LogP contribution in [0.3, 0.4) is 0 Å². The molecule has 1 N–H and O–H groups in total. The summed E-state index contributed by atoms with van der Waals surface area (Å²) in [7, 11) is 1.61. The fourth-order valence-corrected chi connectivity index (χ4v) is 3.72. The molecule has 0 saturated carbocycles. The number of benzene rings is 2. The number of anilines is 1. The van der Waals surface area contributed by atoms with Crippen molar-refractivity contribution in [3.63, 3.8) is 0 Å². The van der Waals surface area contributed by atoms with E-state index in [0.717, 1.165) is 23.2 Å². The van der Waals surface area contributed by atoms with Gasteiger partial charge in [0.15, 0.2) is 5.16 Å². The zero-order valence-electron chi connectivity index (χ0n) is 15.9. The smallest absolute Gasteiger partial charge is 0.383 e. The molecule has 0 aliphatic rings. The second-order valence-electron chi connectivity index (χ2n) is 6.36. The van der Waals surface area contributed by atoms with Crippen molar-refractivity contribution in [3.8, 4) is 0 Å². The first-order valence-corrected chi connectivity index (χ1v) is 9.76. The van der Waals surface area contributed by atoms with Gasteiger partial charge in [-0.15, -0.1) is 0 Å². The lowest BCUT2D eigenvalue weighted by Crippen LogP contribution is -2.23. The monoisotopic (exact) mass is 423 g/mol. The SMILES string of the molecule is COCCn1c(S[C@H](C)C(=O)Nc2cccc(C(F)(F)F)c2)nc2ccccc21. The van der Waals surface area contributed by atoms with Gasteiger partial charge in [-0.1, -0.05) is 30.0 Å². The molecule has 0 bridgehead atoms. The highest BCUT2D eigenvalue weighted by atomic mass is 32.2. The number of fused-ring (bicyclic) bond motifs is 1. The van der Waals surface area contributed by atoms with Crippen LogP contribution in [0.2, 0.25) is 0 Å². The number of methoxy groups -OCH3 is 1. The number of hydrogen-bond acceptors (Lipinski definition) is 4. The molecule has 9 heteroatoms. The first kappa shape index (κ1) is 21.2. The second-order valence-corrected chi connectivity index (χ2v) is 7.66. The number of imidazole rings is 1. The zero-order chi connectivity index (χ0) is 21.0. The lowest BCUT2D eigenvalue weighted by Gasteiger charge is -2.14. The van der Waals surface area contributed by atoms with Crippen LogP contribution in [-0.4, -0.2) is 34.4 Å². The van der Waals surface area contributed by atoms with Gasteiger partial charge >= 0.3 is 6.18 Å². The summed E-state index contributed by atoms with van der Waals surface area (Å²) in [5.41, 5.74) is 1.02. The molecule has 29 heavy (non-hydrogen) atoms. The van der Waals surface area contributed by atoms with Crippen LogP contribution in [0, 0.1) is 0 Å². The minimum Gasteiger partial charge on any atom is -0.383 e.